The third-order valence-electron chi connectivity index (χ3n) is 4.61. The highest BCUT2D eigenvalue weighted by Gasteiger charge is 2.15. The van der Waals surface area contributed by atoms with Crippen molar-refractivity contribution in [2.24, 2.45) is 0 Å². The van der Waals surface area contributed by atoms with Crippen LogP contribution in [0.25, 0.3) is 0 Å². The zero-order valence-corrected chi connectivity index (χ0v) is 14.8. The number of unbranched alkanes of at least 4 members (excludes halogenated alkanes) is 11. The molecule has 1 aliphatic heterocycles. The third-order valence-corrected chi connectivity index (χ3v) is 4.61. The van der Waals surface area contributed by atoms with Crippen LogP contribution in [-0.4, -0.2) is 37.1 Å². The number of nitrogens with zero attached hydrogens (tertiary/aromatic N) is 1. The van der Waals surface area contributed by atoms with Gasteiger partial charge in [-0.25, -0.2) is 0 Å². The largest absolute Gasteiger partial charge is 0.378 e. The molecule has 1 fully saturated rings. The molecule has 0 N–H and O–H groups in total. The first-order valence-electron chi connectivity index (χ1n) is 9.70. The monoisotopic (exact) mass is 311 g/mol. The lowest BCUT2D eigenvalue weighted by Crippen LogP contribution is -2.40. The quantitative estimate of drug-likeness (QED) is 0.451. The molecule has 0 aliphatic carbocycles. The first kappa shape index (κ1) is 19.5. The van der Waals surface area contributed by atoms with Crippen LogP contribution < -0.4 is 0 Å². The lowest BCUT2D eigenvalue weighted by atomic mass is 10.0. The fraction of sp³-hybridized carbons (Fsp3) is 0.947. The Morgan fingerprint density at radius 1 is 0.773 bits per heavy atom. The Kier molecular flexibility index (Phi) is 12.4. The number of rotatable bonds is 13. The van der Waals surface area contributed by atoms with Gasteiger partial charge < -0.3 is 9.64 Å². The number of morpholine rings is 1. The normalized spacial score (nSPS) is 15.2. The van der Waals surface area contributed by atoms with Gasteiger partial charge in [-0.15, -0.1) is 0 Å². The van der Waals surface area contributed by atoms with Crippen LogP contribution in [0.3, 0.4) is 0 Å². The molecule has 22 heavy (non-hydrogen) atoms. The highest BCUT2D eigenvalue weighted by Crippen LogP contribution is 2.13. The van der Waals surface area contributed by atoms with Crippen LogP contribution >= 0.6 is 0 Å². The summed E-state index contributed by atoms with van der Waals surface area (Å²) >= 11 is 0. The van der Waals surface area contributed by atoms with Gasteiger partial charge in [0, 0.05) is 19.5 Å². The molecular formula is C19H37NO2. The Labute approximate surface area is 137 Å². The molecule has 3 heteroatoms. The topological polar surface area (TPSA) is 29.5 Å². The van der Waals surface area contributed by atoms with Gasteiger partial charge in [0.2, 0.25) is 5.91 Å². The third kappa shape index (κ3) is 10.2. The summed E-state index contributed by atoms with van der Waals surface area (Å²) < 4.78 is 5.27. The minimum atomic E-state index is 0.329. The molecule has 0 aromatic rings. The molecule has 1 rings (SSSR count). The molecule has 0 aromatic heterocycles. The van der Waals surface area contributed by atoms with Gasteiger partial charge in [0.05, 0.1) is 13.2 Å². The van der Waals surface area contributed by atoms with Gasteiger partial charge in [0.1, 0.15) is 0 Å². The molecule has 0 atom stereocenters. The molecule has 0 unspecified atom stereocenters. The zero-order valence-electron chi connectivity index (χ0n) is 14.8. The van der Waals surface area contributed by atoms with E-state index in [2.05, 4.69) is 6.92 Å². The molecule has 0 bridgehead atoms. The SMILES string of the molecule is CCCCCCCCCCCCCCC(=O)N1CCOCC1. The average Bonchev–Trinajstić information content (AvgIpc) is 2.56. The van der Waals surface area contributed by atoms with Gasteiger partial charge in [-0.05, 0) is 6.42 Å². The van der Waals surface area contributed by atoms with Crippen LogP contribution in [0, 0.1) is 0 Å². The van der Waals surface area contributed by atoms with Crippen LogP contribution in [-0.2, 0) is 9.53 Å². The van der Waals surface area contributed by atoms with Crippen molar-refractivity contribution in [3.05, 3.63) is 0 Å². The van der Waals surface area contributed by atoms with E-state index in [1.807, 2.05) is 4.90 Å². The summed E-state index contributed by atoms with van der Waals surface area (Å²) in [6.45, 7) is 5.27. The molecule has 0 aromatic carbocycles. The summed E-state index contributed by atoms with van der Waals surface area (Å²) in [6, 6.07) is 0. The maximum Gasteiger partial charge on any atom is 0.222 e. The van der Waals surface area contributed by atoms with Crippen LogP contribution in [0.4, 0.5) is 0 Å². The maximum absolute atomic E-state index is 12.0. The molecule has 3 nitrogen and oxygen atoms in total. The Bertz CT molecular complexity index is 262. The Morgan fingerprint density at radius 3 is 1.73 bits per heavy atom. The molecule has 0 spiro atoms. The molecule has 1 saturated heterocycles. The van der Waals surface area contributed by atoms with E-state index in [9.17, 15) is 4.79 Å². The molecular weight excluding hydrogens is 274 g/mol. The zero-order chi connectivity index (χ0) is 15.9. The second-order valence-electron chi connectivity index (χ2n) is 6.63. The summed E-state index contributed by atoms with van der Waals surface area (Å²) in [6.07, 6.45) is 16.9. The molecule has 130 valence electrons. The molecule has 1 aliphatic rings. The molecule has 1 amide bonds. The fourth-order valence-corrected chi connectivity index (χ4v) is 3.09. The van der Waals surface area contributed by atoms with Gasteiger partial charge in [-0.2, -0.15) is 0 Å². The van der Waals surface area contributed by atoms with E-state index in [1.165, 1.54) is 70.6 Å². The summed E-state index contributed by atoms with van der Waals surface area (Å²) in [4.78, 5) is 13.9. The van der Waals surface area contributed by atoms with E-state index in [1.54, 1.807) is 0 Å². The highest BCUT2D eigenvalue weighted by atomic mass is 16.5. The number of hydrogen-bond donors (Lipinski definition) is 0. The van der Waals surface area contributed by atoms with Crippen LogP contribution in [0.5, 0.6) is 0 Å². The molecule has 0 saturated carbocycles. The Morgan fingerprint density at radius 2 is 1.23 bits per heavy atom. The van der Waals surface area contributed by atoms with Gasteiger partial charge >= 0.3 is 0 Å². The second kappa shape index (κ2) is 14.0. The maximum atomic E-state index is 12.0. The smallest absolute Gasteiger partial charge is 0.222 e. The summed E-state index contributed by atoms with van der Waals surface area (Å²) in [7, 11) is 0. The lowest BCUT2D eigenvalue weighted by Gasteiger charge is -2.26. The van der Waals surface area contributed by atoms with Crippen molar-refractivity contribution in [2.45, 2.75) is 90.4 Å². The van der Waals surface area contributed by atoms with Gasteiger partial charge in [-0.3, -0.25) is 4.79 Å². The molecule has 0 radical (unpaired) electrons. The number of hydrogen-bond acceptors (Lipinski definition) is 2. The van der Waals surface area contributed by atoms with Crippen LogP contribution in [0.15, 0.2) is 0 Å². The van der Waals surface area contributed by atoms with E-state index >= 15 is 0 Å². The van der Waals surface area contributed by atoms with Crippen molar-refractivity contribution in [1.29, 1.82) is 0 Å². The Balaban J connectivity index is 1.78. The highest BCUT2D eigenvalue weighted by molar-refractivity contribution is 5.76. The number of ether oxygens (including phenoxy) is 1. The molecule has 1 heterocycles. The number of carbonyl (C=O) groups excluding carboxylic acids is 1. The standard InChI is InChI=1S/C19H37NO2/c1-2-3-4-5-6-7-8-9-10-11-12-13-14-19(21)20-15-17-22-18-16-20/h2-18H2,1H3. The van der Waals surface area contributed by atoms with Crippen molar-refractivity contribution in [2.75, 3.05) is 26.3 Å². The van der Waals surface area contributed by atoms with Gasteiger partial charge in [-0.1, -0.05) is 77.6 Å². The average molecular weight is 312 g/mol. The van der Waals surface area contributed by atoms with E-state index in [4.69, 9.17) is 4.74 Å². The first-order valence-corrected chi connectivity index (χ1v) is 9.70. The van der Waals surface area contributed by atoms with Crippen molar-refractivity contribution in [3.63, 3.8) is 0 Å². The summed E-state index contributed by atoms with van der Waals surface area (Å²) in [5.74, 6) is 0.329. The second-order valence-corrected chi connectivity index (χ2v) is 6.63. The Hall–Kier alpha value is -0.570. The first-order chi connectivity index (χ1) is 10.8. The van der Waals surface area contributed by atoms with Gasteiger partial charge in [0.15, 0.2) is 0 Å². The van der Waals surface area contributed by atoms with E-state index < -0.39 is 0 Å². The fourth-order valence-electron chi connectivity index (χ4n) is 3.09. The van der Waals surface area contributed by atoms with E-state index in [0.717, 1.165) is 25.9 Å². The minimum Gasteiger partial charge on any atom is -0.378 e. The minimum absolute atomic E-state index is 0.329. The van der Waals surface area contributed by atoms with Gasteiger partial charge in [0.25, 0.3) is 0 Å². The van der Waals surface area contributed by atoms with Crippen LogP contribution in [0.2, 0.25) is 0 Å². The predicted molar refractivity (Wildman–Crippen MR) is 93.1 cm³/mol. The van der Waals surface area contributed by atoms with E-state index in [-0.39, 0.29) is 0 Å². The van der Waals surface area contributed by atoms with Crippen molar-refractivity contribution >= 4 is 5.91 Å². The van der Waals surface area contributed by atoms with Crippen LogP contribution in [0.1, 0.15) is 90.4 Å². The number of amides is 1. The van der Waals surface area contributed by atoms with Crippen molar-refractivity contribution in [3.8, 4) is 0 Å². The predicted octanol–water partition coefficient (Wildman–Crippen LogP) is 4.94. The van der Waals surface area contributed by atoms with Crippen molar-refractivity contribution in [1.82, 2.24) is 4.90 Å². The van der Waals surface area contributed by atoms with Crippen molar-refractivity contribution < 1.29 is 9.53 Å². The summed E-state index contributed by atoms with van der Waals surface area (Å²) in [5, 5.41) is 0. The summed E-state index contributed by atoms with van der Waals surface area (Å²) in [5.41, 5.74) is 0. The van der Waals surface area contributed by atoms with E-state index in [0.29, 0.717) is 19.1 Å². The lowest BCUT2D eigenvalue weighted by molar-refractivity contribution is -0.135. The number of carbonyl (C=O) groups is 1.